The first kappa shape index (κ1) is 31.2. The number of thiocarbonyl (C=S) groups is 1. The molecule has 5 rings (SSSR count). The van der Waals surface area contributed by atoms with Gasteiger partial charge in [0.2, 0.25) is 5.91 Å². The van der Waals surface area contributed by atoms with Crippen molar-refractivity contribution >= 4 is 45.9 Å². The van der Waals surface area contributed by atoms with Crippen molar-refractivity contribution in [3.63, 3.8) is 0 Å². The van der Waals surface area contributed by atoms with Crippen LogP contribution in [0.2, 0.25) is 0 Å². The van der Waals surface area contributed by atoms with Gasteiger partial charge in [0.25, 0.3) is 0 Å². The van der Waals surface area contributed by atoms with Crippen LogP contribution in [0.5, 0.6) is 5.75 Å². The molecule has 13 heteroatoms. The molecule has 1 aromatic heterocycles. The number of aryl methyl sites for hydroxylation is 2. The maximum atomic E-state index is 12.8. The number of anilines is 1. The summed E-state index contributed by atoms with van der Waals surface area (Å²) in [7, 11) is 0. The first-order valence-electron chi connectivity index (χ1n) is 13.9. The molecule has 8 nitrogen and oxygen atoms in total. The van der Waals surface area contributed by atoms with Crippen molar-refractivity contribution in [2.45, 2.75) is 39.5 Å². The average molecular weight is 639 g/mol. The molecular weight excluding hydrogens is 610 g/mol. The van der Waals surface area contributed by atoms with Gasteiger partial charge in [-0.15, -0.1) is 18.3 Å². The summed E-state index contributed by atoms with van der Waals surface area (Å²) in [6.45, 7) is 4.68. The molecule has 228 valence electrons. The van der Waals surface area contributed by atoms with E-state index < -0.39 is 6.36 Å². The molecule has 0 bridgehead atoms. The Bertz CT molecular complexity index is 1670. The van der Waals surface area contributed by atoms with E-state index in [-0.39, 0.29) is 11.7 Å². The average Bonchev–Trinajstić information content (AvgIpc) is 3.61. The Hall–Kier alpha value is -4.23. The third kappa shape index (κ3) is 7.83. The lowest BCUT2D eigenvalue weighted by Gasteiger charge is -2.20. The third-order valence-corrected chi connectivity index (χ3v) is 7.85. The number of amides is 1. The highest BCUT2D eigenvalue weighted by atomic mass is 32.2. The SMILES string of the molecule is CCCc1ccc(C)cc1N1C(=O)CSC1=NC(=S)NCCc1ccc(-c2ncn(-c3ccc(OC(F)(F)F)cc3)n2)cc1. The zero-order chi connectivity index (χ0) is 31.3. The Kier molecular flexibility index (Phi) is 9.64. The number of hydrogen-bond acceptors (Lipinski definition) is 6. The van der Waals surface area contributed by atoms with Crippen LogP contribution in [0.3, 0.4) is 0 Å². The fraction of sp³-hybridized carbons (Fsp3) is 0.258. The van der Waals surface area contributed by atoms with Crippen molar-refractivity contribution in [1.82, 2.24) is 20.1 Å². The van der Waals surface area contributed by atoms with Crippen LogP contribution in [0.15, 0.2) is 78.0 Å². The van der Waals surface area contributed by atoms with E-state index in [1.165, 1.54) is 47.0 Å². The normalized spacial score (nSPS) is 14.3. The molecule has 2 heterocycles. The number of carbonyl (C=O) groups excluding carboxylic acids is 1. The number of nitrogens with zero attached hydrogens (tertiary/aromatic N) is 5. The number of carbonyl (C=O) groups is 1. The summed E-state index contributed by atoms with van der Waals surface area (Å²) in [5, 5.41) is 8.52. The number of alkyl halides is 3. The predicted octanol–water partition coefficient (Wildman–Crippen LogP) is 6.65. The molecule has 0 unspecified atom stereocenters. The predicted molar refractivity (Wildman–Crippen MR) is 170 cm³/mol. The zero-order valence-corrected chi connectivity index (χ0v) is 25.6. The van der Waals surface area contributed by atoms with Gasteiger partial charge in [-0.25, -0.2) is 9.67 Å². The zero-order valence-electron chi connectivity index (χ0n) is 24.0. The number of aliphatic imine (C=N–C) groups is 1. The van der Waals surface area contributed by atoms with Crippen LogP contribution >= 0.6 is 24.0 Å². The molecule has 0 aliphatic carbocycles. The highest BCUT2D eigenvalue weighted by molar-refractivity contribution is 8.15. The Morgan fingerprint density at radius 2 is 1.84 bits per heavy atom. The van der Waals surface area contributed by atoms with E-state index in [0.717, 1.165) is 40.8 Å². The second-order valence-corrected chi connectivity index (χ2v) is 11.4. The molecule has 0 spiro atoms. The van der Waals surface area contributed by atoms with E-state index in [1.807, 2.05) is 37.3 Å². The molecule has 0 saturated carbocycles. The van der Waals surface area contributed by atoms with Crippen LogP contribution in [0, 0.1) is 6.92 Å². The summed E-state index contributed by atoms with van der Waals surface area (Å²) < 4.78 is 42.6. The maximum absolute atomic E-state index is 12.8. The molecule has 1 amide bonds. The Morgan fingerprint density at radius 1 is 1.09 bits per heavy atom. The topological polar surface area (TPSA) is 84.6 Å². The van der Waals surface area contributed by atoms with Crippen LogP contribution in [-0.2, 0) is 17.6 Å². The highest BCUT2D eigenvalue weighted by Crippen LogP contribution is 2.31. The second kappa shape index (κ2) is 13.6. The van der Waals surface area contributed by atoms with Crippen LogP contribution in [0.4, 0.5) is 18.9 Å². The molecule has 0 radical (unpaired) electrons. The van der Waals surface area contributed by atoms with Crippen molar-refractivity contribution in [3.05, 3.63) is 89.7 Å². The van der Waals surface area contributed by atoms with Crippen LogP contribution < -0.4 is 15.0 Å². The van der Waals surface area contributed by atoms with E-state index in [0.29, 0.717) is 40.5 Å². The Morgan fingerprint density at radius 3 is 2.55 bits per heavy atom. The monoisotopic (exact) mass is 638 g/mol. The largest absolute Gasteiger partial charge is 0.573 e. The molecule has 1 aliphatic heterocycles. The van der Waals surface area contributed by atoms with Gasteiger partial charge in [-0.2, -0.15) is 4.99 Å². The van der Waals surface area contributed by atoms with Crippen molar-refractivity contribution in [1.29, 1.82) is 0 Å². The quantitative estimate of drug-likeness (QED) is 0.206. The standard InChI is InChI=1S/C31H29F3N6O2S2/c1-3-4-22-8-5-20(2)17-26(22)40-27(41)18-44-30(40)37-29(43)35-16-15-21-6-9-23(10-7-21)28-36-19-39(38-28)24-11-13-25(14-12-24)42-31(32,33)34/h5-14,17,19H,3-4,15-16,18H2,1-2H3,(H,35,43). The minimum absolute atomic E-state index is 0.00708. The molecular formula is C31H29F3N6O2S2. The van der Waals surface area contributed by atoms with E-state index in [1.54, 1.807) is 4.90 Å². The van der Waals surface area contributed by atoms with E-state index in [2.05, 4.69) is 44.2 Å². The lowest BCUT2D eigenvalue weighted by Crippen LogP contribution is -2.32. The Labute approximate surface area is 262 Å². The minimum Gasteiger partial charge on any atom is -0.406 e. The summed E-state index contributed by atoms with van der Waals surface area (Å²) >= 11 is 6.87. The molecule has 1 saturated heterocycles. The highest BCUT2D eigenvalue weighted by Gasteiger charge is 2.32. The van der Waals surface area contributed by atoms with E-state index in [4.69, 9.17) is 12.2 Å². The van der Waals surface area contributed by atoms with Crippen molar-refractivity contribution in [2.24, 2.45) is 4.99 Å². The molecule has 1 aliphatic rings. The van der Waals surface area contributed by atoms with E-state index in [9.17, 15) is 18.0 Å². The summed E-state index contributed by atoms with van der Waals surface area (Å²) in [6.07, 6.45) is -0.720. The van der Waals surface area contributed by atoms with Gasteiger partial charge in [-0.3, -0.25) is 9.69 Å². The number of amidine groups is 1. The number of benzene rings is 3. The lowest BCUT2D eigenvalue weighted by atomic mass is 10.0. The van der Waals surface area contributed by atoms with Gasteiger partial charge in [0.1, 0.15) is 12.1 Å². The second-order valence-electron chi connectivity index (χ2n) is 10.0. The molecule has 44 heavy (non-hydrogen) atoms. The number of rotatable bonds is 9. The maximum Gasteiger partial charge on any atom is 0.573 e. The lowest BCUT2D eigenvalue weighted by molar-refractivity contribution is -0.274. The Balaban J connectivity index is 1.17. The molecule has 3 aromatic carbocycles. The van der Waals surface area contributed by atoms with Gasteiger partial charge in [0.05, 0.1) is 17.1 Å². The van der Waals surface area contributed by atoms with Gasteiger partial charge in [-0.05, 0) is 79.0 Å². The van der Waals surface area contributed by atoms with Crippen LogP contribution in [0.25, 0.3) is 17.1 Å². The van der Waals surface area contributed by atoms with Gasteiger partial charge in [-0.1, -0.05) is 61.5 Å². The van der Waals surface area contributed by atoms with Crippen molar-refractivity contribution in [3.8, 4) is 22.8 Å². The fourth-order valence-electron chi connectivity index (χ4n) is 4.63. The number of nitrogens with one attached hydrogen (secondary N) is 1. The molecule has 1 fully saturated rings. The number of thioether (sulfide) groups is 1. The van der Waals surface area contributed by atoms with Crippen LogP contribution in [-0.4, -0.2) is 49.6 Å². The summed E-state index contributed by atoms with van der Waals surface area (Å²) in [5.41, 5.74) is 5.46. The van der Waals surface area contributed by atoms with Crippen molar-refractivity contribution < 1.29 is 22.7 Å². The minimum atomic E-state index is -4.75. The first-order chi connectivity index (χ1) is 21.1. The molecule has 1 N–H and O–H groups in total. The number of aromatic nitrogens is 3. The smallest absolute Gasteiger partial charge is 0.406 e. The fourth-order valence-corrected chi connectivity index (χ4v) is 5.74. The number of hydrogen-bond donors (Lipinski definition) is 1. The van der Waals surface area contributed by atoms with Crippen LogP contribution in [0.1, 0.15) is 30.0 Å². The molecule has 0 atom stereocenters. The van der Waals surface area contributed by atoms with Gasteiger partial charge in [0.15, 0.2) is 16.1 Å². The summed E-state index contributed by atoms with van der Waals surface area (Å²) in [5.74, 6) is 0.486. The van der Waals surface area contributed by atoms with Gasteiger partial charge < -0.3 is 10.1 Å². The van der Waals surface area contributed by atoms with Gasteiger partial charge in [0, 0.05) is 12.1 Å². The summed E-state index contributed by atoms with van der Waals surface area (Å²) in [4.78, 5) is 23.4. The van der Waals surface area contributed by atoms with E-state index >= 15 is 0 Å². The van der Waals surface area contributed by atoms with Crippen molar-refractivity contribution in [2.75, 3.05) is 17.2 Å². The number of ether oxygens (including phenoxy) is 1. The molecule has 4 aromatic rings. The first-order valence-corrected chi connectivity index (χ1v) is 15.3. The third-order valence-electron chi connectivity index (χ3n) is 6.69. The van der Waals surface area contributed by atoms with Gasteiger partial charge >= 0.3 is 6.36 Å². The summed E-state index contributed by atoms with van der Waals surface area (Å²) in [6, 6.07) is 19.3. The number of halogens is 3.